The molecule has 1 heterocycles. The summed E-state index contributed by atoms with van der Waals surface area (Å²) in [5.41, 5.74) is 2.48. The number of para-hydroxylation sites is 1. The van der Waals surface area contributed by atoms with Crippen molar-refractivity contribution in [3.8, 4) is 5.69 Å². The van der Waals surface area contributed by atoms with E-state index >= 15 is 0 Å². The lowest BCUT2D eigenvalue weighted by molar-refractivity contribution is 0.102. The normalized spacial score (nSPS) is 10.6. The molecule has 0 atom stereocenters. The van der Waals surface area contributed by atoms with Crippen molar-refractivity contribution in [2.24, 2.45) is 0 Å². The predicted octanol–water partition coefficient (Wildman–Crippen LogP) is 4.86. The molecule has 0 saturated carbocycles. The first kappa shape index (κ1) is 20.0. The standard InChI is InChI=1S/C20H19ClN4O2S/c1-13-16(12-22-25(13)15-8-6-7-14(21)11-15)19(26)23-17-9-4-5-10-18(17)28-20(27)24(2)3/h4-12H,1-3H3,(H,23,26). The number of benzene rings is 2. The number of rotatable bonds is 4. The maximum Gasteiger partial charge on any atom is 0.286 e. The Bertz CT molecular complexity index is 1030. The lowest BCUT2D eigenvalue weighted by Crippen LogP contribution is -2.17. The minimum Gasteiger partial charge on any atom is -0.339 e. The van der Waals surface area contributed by atoms with Gasteiger partial charge in [-0.2, -0.15) is 5.10 Å². The van der Waals surface area contributed by atoms with Crippen molar-refractivity contribution in [2.45, 2.75) is 11.8 Å². The van der Waals surface area contributed by atoms with Crippen molar-refractivity contribution < 1.29 is 9.59 Å². The van der Waals surface area contributed by atoms with E-state index in [-0.39, 0.29) is 11.1 Å². The Labute approximate surface area is 172 Å². The molecule has 8 heteroatoms. The summed E-state index contributed by atoms with van der Waals surface area (Å²) in [4.78, 5) is 27.0. The molecule has 3 rings (SSSR count). The number of anilines is 1. The molecule has 0 unspecified atom stereocenters. The van der Waals surface area contributed by atoms with Crippen LogP contribution in [0.15, 0.2) is 59.6 Å². The van der Waals surface area contributed by atoms with Gasteiger partial charge in [-0.1, -0.05) is 29.8 Å². The second-order valence-electron chi connectivity index (χ2n) is 6.25. The van der Waals surface area contributed by atoms with Gasteiger partial charge in [0.2, 0.25) is 0 Å². The zero-order valence-electron chi connectivity index (χ0n) is 15.6. The number of halogens is 1. The Hall–Kier alpha value is -2.77. The molecule has 6 nitrogen and oxygen atoms in total. The van der Waals surface area contributed by atoms with Gasteiger partial charge in [-0.15, -0.1) is 0 Å². The number of amides is 2. The lowest BCUT2D eigenvalue weighted by atomic mass is 10.2. The highest BCUT2D eigenvalue weighted by Crippen LogP contribution is 2.29. The van der Waals surface area contributed by atoms with Crippen molar-refractivity contribution in [1.82, 2.24) is 14.7 Å². The largest absolute Gasteiger partial charge is 0.339 e. The Balaban J connectivity index is 1.84. The third kappa shape index (κ3) is 4.37. The number of aromatic nitrogens is 2. The van der Waals surface area contributed by atoms with Crippen LogP contribution in [0.1, 0.15) is 16.1 Å². The van der Waals surface area contributed by atoms with Crippen LogP contribution in [0.5, 0.6) is 0 Å². The predicted molar refractivity (Wildman–Crippen MR) is 113 cm³/mol. The molecule has 0 spiro atoms. The van der Waals surface area contributed by atoms with Crippen molar-refractivity contribution >= 4 is 40.2 Å². The molecule has 0 aliphatic carbocycles. The van der Waals surface area contributed by atoms with Gasteiger partial charge < -0.3 is 10.2 Å². The summed E-state index contributed by atoms with van der Waals surface area (Å²) < 4.78 is 1.66. The van der Waals surface area contributed by atoms with E-state index in [1.165, 1.54) is 11.1 Å². The minimum atomic E-state index is -0.295. The summed E-state index contributed by atoms with van der Waals surface area (Å²) in [6, 6.07) is 14.4. The fourth-order valence-corrected chi connectivity index (χ4v) is 3.47. The first-order chi connectivity index (χ1) is 13.4. The van der Waals surface area contributed by atoms with Crippen molar-refractivity contribution in [2.75, 3.05) is 19.4 Å². The van der Waals surface area contributed by atoms with E-state index in [1.54, 1.807) is 43.0 Å². The molecule has 0 radical (unpaired) electrons. The Morgan fingerprint density at radius 1 is 1.14 bits per heavy atom. The fourth-order valence-electron chi connectivity index (χ4n) is 2.53. The van der Waals surface area contributed by atoms with Gasteiger partial charge in [-0.05, 0) is 49.0 Å². The van der Waals surface area contributed by atoms with Crippen LogP contribution in [-0.4, -0.2) is 39.9 Å². The quantitative estimate of drug-likeness (QED) is 0.619. The molecule has 0 aliphatic rings. The van der Waals surface area contributed by atoms with Gasteiger partial charge in [0, 0.05) is 24.0 Å². The second-order valence-corrected chi connectivity index (χ2v) is 7.68. The summed E-state index contributed by atoms with van der Waals surface area (Å²) in [6.07, 6.45) is 1.52. The number of carbonyl (C=O) groups excluding carboxylic acids is 2. The molecule has 1 aromatic heterocycles. The van der Waals surface area contributed by atoms with Gasteiger partial charge in [-0.3, -0.25) is 9.59 Å². The number of hydrogen-bond donors (Lipinski definition) is 1. The summed E-state index contributed by atoms with van der Waals surface area (Å²) in [6.45, 7) is 1.82. The van der Waals surface area contributed by atoms with Gasteiger partial charge in [0.1, 0.15) is 0 Å². The third-order valence-corrected chi connectivity index (χ3v) is 5.36. The van der Waals surface area contributed by atoms with Gasteiger partial charge in [0.25, 0.3) is 11.1 Å². The highest BCUT2D eigenvalue weighted by Gasteiger charge is 2.18. The van der Waals surface area contributed by atoms with Gasteiger partial charge >= 0.3 is 0 Å². The molecule has 0 fully saturated rings. The number of nitrogens with zero attached hydrogens (tertiary/aromatic N) is 3. The van der Waals surface area contributed by atoms with Crippen LogP contribution in [0, 0.1) is 6.92 Å². The molecule has 0 bridgehead atoms. The monoisotopic (exact) mass is 414 g/mol. The number of thioether (sulfide) groups is 1. The zero-order valence-corrected chi connectivity index (χ0v) is 17.2. The van der Waals surface area contributed by atoms with E-state index in [0.29, 0.717) is 26.9 Å². The summed E-state index contributed by atoms with van der Waals surface area (Å²) in [5, 5.41) is 7.67. The summed E-state index contributed by atoms with van der Waals surface area (Å²) in [7, 11) is 3.37. The Morgan fingerprint density at radius 3 is 2.61 bits per heavy atom. The molecule has 2 aromatic carbocycles. The van der Waals surface area contributed by atoms with Gasteiger partial charge in [-0.25, -0.2) is 4.68 Å². The van der Waals surface area contributed by atoms with E-state index in [4.69, 9.17) is 11.6 Å². The molecule has 1 N–H and O–H groups in total. The Kier molecular flexibility index (Phi) is 6.06. The number of nitrogens with one attached hydrogen (secondary N) is 1. The van der Waals surface area contributed by atoms with Crippen LogP contribution in [0.3, 0.4) is 0 Å². The van der Waals surface area contributed by atoms with Crippen molar-refractivity contribution in [3.63, 3.8) is 0 Å². The van der Waals surface area contributed by atoms with E-state index < -0.39 is 0 Å². The minimum absolute atomic E-state index is 0.119. The summed E-state index contributed by atoms with van der Waals surface area (Å²) >= 11 is 7.11. The molecule has 28 heavy (non-hydrogen) atoms. The van der Waals surface area contributed by atoms with Crippen molar-refractivity contribution in [1.29, 1.82) is 0 Å². The third-order valence-electron chi connectivity index (χ3n) is 4.00. The van der Waals surface area contributed by atoms with Gasteiger partial charge in [0.15, 0.2) is 0 Å². The van der Waals surface area contributed by atoms with Crippen molar-refractivity contribution in [3.05, 3.63) is 71.0 Å². The molecule has 144 valence electrons. The smallest absolute Gasteiger partial charge is 0.286 e. The Morgan fingerprint density at radius 2 is 1.89 bits per heavy atom. The van der Waals surface area contributed by atoms with Crippen LogP contribution in [-0.2, 0) is 0 Å². The topological polar surface area (TPSA) is 67.2 Å². The fraction of sp³-hybridized carbons (Fsp3) is 0.150. The first-order valence-corrected chi connectivity index (χ1v) is 9.66. The molecular weight excluding hydrogens is 396 g/mol. The molecular formula is C20H19ClN4O2S. The SMILES string of the molecule is Cc1c(C(=O)Nc2ccccc2SC(=O)N(C)C)cnn1-c1cccc(Cl)c1. The highest BCUT2D eigenvalue weighted by atomic mass is 35.5. The average molecular weight is 415 g/mol. The van der Waals surface area contributed by atoms with E-state index in [0.717, 1.165) is 17.4 Å². The second kappa shape index (κ2) is 8.50. The van der Waals surface area contributed by atoms with Gasteiger partial charge in [0.05, 0.1) is 28.8 Å². The summed E-state index contributed by atoms with van der Waals surface area (Å²) in [5.74, 6) is -0.295. The first-order valence-electron chi connectivity index (χ1n) is 8.47. The molecule has 2 amide bonds. The van der Waals surface area contributed by atoms with E-state index in [1.807, 2.05) is 31.2 Å². The van der Waals surface area contributed by atoms with Crippen LogP contribution < -0.4 is 5.32 Å². The lowest BCUT2D eigenvalue weighted by Gasteiger charge is -2.13. The van der Waals surface area contributed by atoms with E-state index in [2.05, 4.69) is 10.4 Å². The van der Waals surface area contributed by atoms with E-state index in [9.17, 15) is 9.59 Å². The average Bonchev–Trinajstić information content (AvgIpc) is 3.04. The molecule has 0 saturated heterocycles. The maximum absolute atomic E-state index is 12.8. The van der Waals surface area contributed by atoms with Crippen LogP contribution in [0.4, 0.5) is 10.5 Å². The van der Waals surface area contributed by atoms with Crippen LogP contribution in [0.25, 0.3) is 5.69 Å². The van der Waals surface area contributed by atoms with Crippen LogP contribution in [0.2, 0.25) is 5.02 Å². The highest BCUT2D eigenvalue weighted by molar-refractivity contribution is 8.13. The number of carbonyl (C=O) groups is 2. The van der Waals surface area contributed by atoms with Crippen LogP contribution >= 0.6 is 23.4 Å². The maximum atomic E-state index is 12.8. The molecule has 0 aliphatic heterocycles. The number of hydrogen-bond acceptors (Lipinski definition) is 4. The zero-order chi connectivity index (χ0) is 20.3. The molecule has 3 aromatic rings.